The van der Waals surface area contributed by atoms with Crippen LogP contribution in [0, 0.1) is 0 Å². The molecule has 116 valence electrons. The number of nitrogens with one attached hydrogen (secondary N) is 1. The highest BCUT2D eigenvalue weighted by Gasteiger charge is 2.19. The quantitative estimate of drug-likeness (QED) is 0.818. The lowest BCUT2D eigenvalue weighted by Gasteiger charge is -2.27. The van der Waals surface area contributed by atoms with Gasteiger partial charge in [-0.3, -0.25) is 0 Å². The van der Waals surface area contributed by atoms with Crippen LogP contribution >= 0.6 is 15.9 Å². The number of amides is 2. The molecule has 0 aliphatic rings. The van der Waals surface area contributed by atoms with E-state index >= 15 is 0 Å². The fourth-order valence-electron chi connectivity index (χ4n) is 1.92. The van der Waals surface area contributed by atoms with Gasteiger partial charge in [-0.05, 0) is 48.0 Å². The topological polar surface area (TPSA) is 78.9 Å². The summed E-state index contributed by atoms with van der Waals surface area (Å²) in [6.07, 6.45) is 0. The van der Waals surface area contributed by atoms with Crippen LogP contribution in [0.1, 0.15) is 24.2 Å². The van der Waals surface area contributed by atoms with Gasteiger partial charge in [0, 0.05) is 18.1 Å². The van der Waals surface area contributed by atoms with Crippen LogP contribution in [0.2, 0.25) is 0 Å². The number of likely N-dealkylation sites (N-methyl/N-ethyl adjacent to an activating group) is 1. The molecule has 1 aromatic carbocycles. The molecule has 1 rings (SSSR count). The van der Waals surface area contributed by atoms with Gasteiger partial charge in [-0.25, -0.2) is 9.59 Å². The first-order chi connectivity index (χ1) is 9.90. The molecule has 0 aliphatic carbocycles. The number of benzene rings is 1. The number of aromatic carboxylic acids is 1. The normalized spacial score (nSPS) is 11.8. The number of ether oxygens (including phenoxy) is 1. The minimum absolute atomic E-state index is 0.0583. The average Bonchev–Trinajstić information content (AvgIpc) is 2.42. The van der Waals surface area contributed by atoms with E-state index in [1.165, 1.54) is 12.1 Å². The van der Waals surface area contributed by atoms with Gasteiger partial charge < -0.3 is 20.1 Å². The Hall–Kier alpha value is -1.60. The first-order valence-electron chi connectivity index (χ1n) is 6.50. The number of hydrogen-bond acceptors (Lipinski definition) is 3. The number of carbonyl (C=O) groups is 2. The van der Waals surface area contributed by atoms with E-state index in [0.29, 0.717) is 23.3 Å². The molecule has 21 heavy (non-hydrogen) atoms. The summed E-state index contributed by atoms with van der Waals surface area (Å²) in [5.74, 6) is -1.02. The van der Waals surface area contributed by atoms with Crippen molar-refractivity contribution < 1.29 is 19.4 Å². The van der Waals surface area contributed by atoms with Crippen LogP contribution in [-0.2, 0) is 4.74 Å². The Morgan fingerprint density at radius 2 is 2.14 bits per heavy atom. The van der Waals surface area contributed by atoms with Crippen molar-refractivity contribution in [2.24, 2.45) is 0 Å². The van der Waals surface area contributed by atoms with Gasteiger partial charge in [-0.1, -0.05) is 0 Å². The minimum atomic E-state index is -1.02. The number of carboxylic acid groups (broad SMARTS) is 1. The second-order valence-electron chi connectivity index (χ2n) is 4.52. The molecular weight excluding hydrogens is 340 g/mol. The predicted octanol–water partition coefficient (Wildman–Crippen LogP) is 3.04. The fraction of sp³-hybridized carbons (Fsp3) is 0.429. The molecule has 1 unspecified atom stereocenters. The summed E-state index contributed by atoms with van der Waals surface area (Å²) in [5, 5.41) is 11.7. The van der Waals surface area contributed by atoms with Crippen LogP contribution in [0.3, 0.4) is 0 Å². The number of anilines is 1. The van der Waals surface area contributed by atoms with E-state index in [9.17, 15) is 9.59 Å². The van der Waals surface area contributed by atoms with Gasteiger partial charge in [0.1, 0.15) is 0 Å². The maximum absolute atomic E-state index is 12.3. The van der Waals surface area contributed by atoms with Gasteiger partial charge >= 0.3 is 12.0 Å². The Labute approximate surface area is 132 Å². The number of carbonyl (C=O) groups excluding carboxylic acids is 1. The Kier molecular flexibility index (Phi) is 6.64. The number of halogens is 1. The van der Waals surface area contributed by atoms with Crippen molar-refractivity contribution in [3.63, 3.8) is 0 Å². The molecule has 0 bridgehead atoms. The third-order valence-corrected chi connectivity index (χ3v) is 3.66. The lowest BCUT2D eigenvalue weighted by molar-refractivity contribution is 0.0697. The average molecular weight is 359 g/mol. The molecule has 0 spiro atoms. The van der Waals surface area contributed by atoms with E-state index in [0.717, 1.165) is 0 Å². The van der Waals surface area contributed by atoms with Gasteiger partial charge in [-0.2, -0.15) is 0 Å². The van der Waals surface area contributed by atoms with E-state index in [1.807, 2.05) is 13.8 Å². The predicted molar refractivity (Wildman–Crippen MR) is 83.8 cm³/mol. The Morgan fingerprint density at radius 1 is 1.48 bits per heavy atom. The lowest BCUT2D eigenvalue weighted by Crippen LogP contribution is -2.43. The van der Waals surface area contributed by atoms with E-state index < -0.39 is 5.97 Å². The molecule has 7 heteroatoms. The van der Waals surface area contributed by atoms with Gasteiger partial charge in [0.25, 0.3) is 0 Å². The smallest absolute Gasteiger partial charge is 0.335 e. The van der Waals surface area contributed by atoms with Crippen LogP contribution in [0.5, 0.6) is 0 Å². The van der Waals surface area contributed by atoms with Crippen LogP contribution in [0.15, 0.2) is 22.7 Å². The summed E-state index contributed by atoms with van der Waals surface area (Å²) in [6, 6.07) is 4.13. The minimum Gasteiger partial charge on any atom is -0.478 e. The molecule has 0 aliphatic heterocycles. The molecule has 1 atom stereocenters. The lowest BCUT2D eigenvalue weighted by atomic mass is 10.2. The molecule has 0 saturated heterocycles. The van der Waals surface area contributed by atoms with Crippen LogP contribution in [0.25, 0.3) is 0 Å². The number of urea groups is 1. The van der Waals surface area contributed by atoms with Gasteiger partial charge in [-0.15, -0.1) is 0 Å². The Bertz CT molecular complexity index is 522. The zero-order valence-corrected chi connectivity index (χ0v) is 13.8. The standard InChI is InChI=1S/C14H19BrN2O4/c1-4-17(9(2)8-21-3)14(20)16-12-6-5-10(13(18)19)7-11(12)15/h5-7,9H,4,8H2,1-3H3,(H,16,20)(H,18,19). The Balaban J connectivity index is 2.84. The van der Waals surface area contributed by atoms with Crippen molar-refractivity contribution in [2.45, 2.75) is 19.9 Å². The number of methoxy groups -OCH3 is 1. The van der Waals surface area contributed by atoms with Crippen molar-refractivity contribution in [1.29, 1.82) is 0 Å². The van der Waals surface area contributed by atoms with Gasteiger partial charge in [0.05, 0.1) is 23.9 Å². The van der Waals surface area contributed by atoms with Gasteiger partial charge in [0.2, 0.25) is 0 Å². The van der Waals surface area contributed by atoms with Crippen molar-refractivity contribution >= 4 is 33.6 Å². The fourth-order valence-corrected chi connectivity index (χ4v) is 2.40. The highest BCUT2D eigenvalue weighted by Crippen LogP contribution is 2.24. The van der Waals surface area contributed by atoms with Crippen molar-refractivity contribution in [3.05, 3.63) is 28.2 Å². The van der Waals surface area contributed by atoms with Crippen LogP contribution < -0.4 is 5.32 Å². The summed E-state index contributed by atoms with van der Waals surface area (Å²) >= 11 is 3.26. The number of rotatable bonds is 6. The zero-order valence-electron chi connectivity index (χ0n) is 12.2. The van der Waals surface area contributed by atoms with Crippen molar-refractivity contribution in [2.75, 3.05) is 25.6 Å². The summed E-state index contributed by atoms with van der Waals surface area (Å²) in [5.41, 5.74) is 0.674. The highest BCUT2D eigenvalue weighted by atomic mass is 79.9. The van der Waals surface area contributed by atoms with Crippen LogP contribution in [0.4, 0.5) is 10.5 Å². The summed E-state index contributed by atoms with van der Waals surface area (Å²) in [4.78, 5) is 24.8. The first kappa shape index (κ1) is 17.5. The molecule has 2 N–H and O–H groups in total. The van der Waals surface area contributed by atoms with E-state index in [1.54, 1.807) is 18.1 Å². The number of nitrogens with zero attached hydrogens (tertiary/aromatic N) is 1. The van der Waals surface area contributed by atoms with Crippen molar-refractivity contribution in [3.8, 4) is 0 Å². The highest BCUT2D eigenvalue weighted by molar-refractivity contribution is 9.10. The maximum atomic E-state index is 12.3. The first-order valence-corrected chi connectivity index (χ1v) is 7.29. The monoisotopic (exact) mass is 358 g/mol. The van der Waals surface area contributed by atoms with Crippen LogP contribution in [-0.4, -0.2) is 48.3 Å². The molecule has 6 nitrogen and oxygen atoms in total. The summed E-state index contributed by atoms with van der Waals surface area (Å²) in [6.45, 7) is 4.77. The zero-order chi connectivity index (χ0) is 16.0. The molecule has 0 saturated carbocycles. The number of hydrogen-bond donors (Lipinski definition) is 2. The third kappa shape index (κ3) is 4.71. The largest absolute Gasteiger partial charge is 0.478 e. The summed E-state index contributed by atoms with van der Waals surface area (Å²) in [7, 11) is 1.59. The van der Waals surface area contributed by atoms with Crippen molar-refractivity contribution in [1.82, 2.24) is 4.90 Å². The molecule has 0 radical (unpaired) electrons. The molecule has 1 aromatic rings. The van der Waals surface area contributed by atoms with E-state index in [-0.39, 0.29) is 17.6 Å². The Morgan fingerprint density at radius 3 is 2.62 bits per heavy atom. The summed E-state index contributed by atoms with van der Waals surface area (Å²) < 4.78 is 5.58. The van der Waals surface area contributed by atoms with Gasteiger partial charge in [0.15, 0.2) is 0 Å². The number of carboxylic acids is 1. The second-order valence-corrected chi connectivity index (χ2v) is 5.37. The van der Waals surface area contributed by atoms with E-state index in [2.05, 4.69) is 21.2 Å². The molecule has 0 fully saturated rings. The molecular formula is C14H19BrN2O4. The second kappa shape index (κ2) is 7.99. The van der Waals surface area contributed by atoms with E-state index in [4.69, 9.17) is 9.84 Å². The molecule has 0 aromatic heterocycles. The molecule has 2 amide bonds. The SMILES string of the molecule is CCN(C(=O)Nc1ccc(C(=O)O)cc1Br)C(C)COC. The third-order valence-electron chi connectivity index (χ3n) is 3.00. The molecule has 0 heterocycles. The maximum Gasteiger partial charge on any atom is 0.335 e.